The van der Waals surface area contributed by atoms with Crippen LogP contribution in [0.5, 0.6) is 0 Å². The first-order chi connectivity index (χ1) is 25.7. The molecule has 0 amide bonds. The van der Waals surface area contributed by atoms with Crippen molar-refractivity contribution in [2.75, 3.05) is 9.80 Å². The van der Waals surface area contributed by atoms with Crippen LogP contribution >= 0.6 is 11.3 Å². The number of aldehydes is 1. The third kappa shape index (κ3) is 6.43. The van der Waals surface area contributed by atoms with Gasteiger partial charge in [0.1, 0.15) is 0 Å². The van der Waals surface area contributed by atoms with E-state index in [0.29, 0.717) is 11.4 Å². The van der Waals surface area contributed by atoms with Gasteiger partial charge >= 0.3 is 0 Å². The van der Waals surface area contributed by atoms with Crippen molar-refractivity contribution < 1.29 is 4.79 Å². The van der Waals surface area contributed by atoms with Crippen molar-refractivity contribution in [3.05, 3.63) is 187 Å². The smallest absolute Gasteiger partial charge is 0.160 e. The molecule has 52 heavy (non-hydrogen) atoms. The van der Waals surface area contributed by atoms with E-state index >= 15 is 0 Å². The SMILES string of the molecule is CCn1c(-c2ccc(C=O)s2)nc(-c2ccc(N(c3ccccc3)c3ccccc3)cc2)c1-c1ccc(N(c2ccccc2)c2ccccc2)cc1. The number of benzene rings is 6. The van der Waals surface area contributed by atoms with E-state index in [2.05, 4.69) is 167 Å². The van der Waals surface area contributed by atoms with Gasteiger partial charge in [0.2, 0.25) is 0 Å². The van der Waals surface area contributed by atoms with Crippen LogP contribution in [-0.4, -0.2) is 15.8 Å². The summed E-state index contributed by atoms with van der Waals surface area (Å²) in [6.45, 7) is 2.86. The molecule has 6 heteroatoms. The van der Waals surface area contributed by atoms with E-state index in [0.717, 1.165) is 73.6 Å². The second kappa shape index (κ2) is 14.8. The highest BCUT2D eigenvalue weighted by Crippen LogP contribution is 2.42. The zero-order valence-corrected chi connectivity index (χ0v) is 29.5. The Hall–Kier alpha value is -6.50. The molecule has 0 spiro atoms. The number of anilines is 6. The summed E-state index contributed by atoms with van der Waals surface area (Å²) < 4.78 is 2.27. The van der Waals surface area contributed by atoms with E-state index in [1.54, 1.807) is 0 Å². The van der Waals surface area contributed by atoms with Gasteiger partial charge < -0.3 is 14.4 Å². The summed E-state index contributed by atoms with van der Waals surface area (Å²) in [4.78, 5) is 23.2. The highest BCUT2D eigenvalue weighted by molar-refractivity contribution is 7.17. The zero-order chi connectivity index (χ0) is 35.3. The number of carbonyl (C=O) groups is 1. The summed E-state index contributed by atoms with van der Waals surface area (Å²) in [5, 5.41) is 0. The third-order valence-corrected chi connectivity index (χ3v) is 10.1. The summed E-state index contributed by atoms with van der Waals surface area (Å²) in [6, 6.07) is 63.0. The van der Waals surface area contributed by atoms with Gasteiger partial charge in [-0.05, 0) is 91.9 Å². The summed E-state index contributed by atoms with van der Waals surface area (Å²) in [5.41, 5.74) is 10.5. The molecule has 252 valence electrons. The molecule has 0 aliphatic carbocycles. The van der Waals surface area contributed by atoms with Gasteiger partial charge in [-0.1, -0.05) is 97.1 Å². The maximum atomic E-state index is 11.7. The predicted molar refractivity (Wildman–Crippen MR) is 217 cm³/mol. The van der Waals surface area contributed by atoms with Crippen molar-refractivity contribution in [3.63, 3.8) is 0 Å². The average Bonchev–Trinajstić information content (AvgIpc) is 3.86. The van der Waals surface area contributed by atoms with Crippen LogP contribution in [0.1, 0.15) is 16.6 Å². The molecule has 0 aliphatic heterocycles. The summed E-state index contributed by atoms with van der Waals surface area (Å²) in [5.74, 6) is 0.851. The van der Waals surface area contributed by atoms with Crippen LogP contribution in [0.25, 0.3) is 33.2 Å². The molecule has 2 aromatic heterocycles. The van der Waals surface area contributed by atoms with Crippen LogP contribution < -0.4 is 9.80 Å². The second-order valence-corrected chi connectivity index (χ2v) is 13.4. The minimum Gasteiger partial charge on any atom is -0.323 e. The lowest BCUT2D eigenvalue weighted by Crippen LogP contribution is -2.09. The van der Waals surface area contributed by atoms with Gasteiger partial charge in [0.05, 0.1) is 21.1 Å². The van der Waals surface area contributed by atoms with Gasteiger partial charge in [0.15, 0.2) is 12.1 Å². The Balaban J connectivity index is 1.24. The molecule has 8 rings (SSSR count). The fraction of sp³-hybridized carbons (Fsp3) is 0.0435. The number of aromatic nitrogens is 2. The lowest BCUT2D eigenvalue weighted by Gasteiger charge is -2.26. The zero-order valence-electron chi connectivity index (χ0n) is 28.7. The molecular weight excluding hydrogens is 657 g/mol. The first-order valence-electron chi connectivity index (χ1n) is 17.4. The van der Waals surface area contributed by atoms with Gasteiger partial charge in [-0.3, -0.25) is 4.79 Å². The standard InChI is InChI=1S/C46H36N4OS/c1-2-48-45(35-25-29-41(30-26-35)50(38-19-11-5-12-20-38)39-21-13-6-14-22-39)44(47-46(48)43-32-31-42(33-51)52-43)34-23-27-40(28-24-34)49(36-15-7-3-8-16-36)37-17-9-4-10-18-37/h3-33H,2H2,1H3. The highest BCUT2D eigenvalue weighted by atomic mass is 32.1. The predicted octanol–water partition coefficient (Wildman–Crippen LogP) is 12.7. The quantitative estimate of drug-likeness (QED) is 0.127. The van der Waals surface area contributed by atoms with Crippen molar-refractivity contribution in [1.82, 2.24) is 9.55 Å². The Morgan fingerprint density at radius 3 is 1.31 bits per heavy atom. The highest BCUT2D eigenvalue weighted by Gasteiger charge is 2.23. The van der Waals surface area contributed by atoms with E-state index in [1.807, 2.05) is 36.4 Å². The number of carbonyl (C=O) groups excluding carboxylic acids is 1. The minimum absolute atomic E-state index is 0.682. The molecule has 8 aromatic rings. The first kappa shape index (κ1) is 32.7. The van der Waals surface area contributed by atoms with Crippen LogP contribution in [0, 0.1) is 0 Å². The van der Waals surface area contributed by atoms with Gasteiger partial charge in [0, 0.05) is 51.8 Å². The number of hydrogen-bond acceptors (Lipinski definition) is 5. The Labute approximate surface area is 308 Å². The Bertz CT molecular complexity index is 2310. The van der Waals surface area contributed by atoms with Crippen LogP contribution in [0.3, 0.4) is 0 Å². The molecule has 5 nitrogen and oxygen atoms in total. The van der Waals surface area contributed by atoms with Crippen molar-refractivity contribution in [1.29, 1.82) is 0 Å². The fourth-order valence-corrected chi connectivity index (χ4v) is 7.54. The van der Waals surface area contributed by atoms with E-state index in [9.17, 15) is 4.79 Å². The van der Waals surface area contributed by atoms with E-state index in [4.69, 9.17) is 4.98 Å². The van der Waals surface area contributed by atoms with Crippen LogP contribution in [0.4, 0.5) is 34.1 Å². The number of nitrogens with zero attached hydrogens (tertiary/aromatic N) is 4. The topological polar surface area (TPSA) is 41.4 Å². The first-order valence-corrected chi connectivity index (χ1v) is 18.2. The second-order valence-electron chi connectivity index (χ2n) is 12.3. The number of para-hydroxylation sites is 4. The van der Waals surface area contributed by atoms with Gasteiger partial charge in [-0.2, -0.15) is 0 Å². The molecule has 0 fully saturated rings. The monoisotopic (exact) mass is 692 g/mol. The number of rotatable bonds is 11. The summed E-state index contributed by atoms with van der Waals surface area (Å²) in [7, 11) is 0. The Kier molecular flexibility index (Phi) is 9.29. The van der Waals surface area contributed by atoms with Crippen molar-refractivity contribution in [3.8, 4) is 33.2 Å². The largest absolute Gasteiger partial charge is 0.323 e. The van der Waals surface area contributed by atoms with Crippen LogP contribution in [0.15, 0.2) is 182 Å². The van der Waals surface area contributed by atoms with Crippen molar-refractivity contribution in [2.24, 2.45) is 0 Å². The average molecular weight is 693 g/mol. The molecule has 0 unspecified atom stereocenters. The van der Waals surface area contributed by atoms with Gasteiger partial charge in [0.25, 0.3) is 0 Å². The molecule has 6 aromatic carbocycles. The molecule has 0 saturated carbocycles. The summed E-state index contributed by atoms with van der Waals surface area (Å²) >= 11 is 1.47. The third-order valence-electron chi connectivity index (χ3n) is 9.10. The number of thiophene rings is 1. The van der Waals surface area contributed by atoms with E-state index in [-0.39, 0.29) is 0 Å². The molecule has 0 atom stereocenters. The van der Waals surface area contributed by atoms with E-state index in [1.165, 1.54) is 11.3 Å². The Morgan fingerprint density at radius 2 is 0.923 bits per heavy atom. The molecule has 2 heterocycles. The van der Waals surface area contributed by atoms with Crippen LogP contribution in [-0.2, 0) is 6.54 Å². The maximum Gasteiger partial charge on any atom is 0.160 e. The fourth-order valence-electron chi connectivity index (χ4n) is 6.72. The van der Waals surface area contributed by atoms with Gasteiger partial charge in [-0.25, -0.2) is 4.98 Å². The number of imidazole rings is 1. The molecule has 0 saturated heterocycles. The van der Waals surface area contributed by atoms with Crippen LogP contribution in [0.2, 0.25) is 0 Å². The lowest BCUT2D eigenvalue weighted by atomic mass is 10.0. The Morgan fingerprint density at radius 1 is 0.519 bits per heavy atom. The van der Waals surface area contributed by atoms with E-state index < -0.39 is 0 Å². The maximum absolute atomic E-state index is 11.7. The lowest BCUT2D eigenvalue weighted by molar-refractivity contribution is 0.112. The normalized spacial score (nSPS) is 10.9. The van der Waals surface area contributed by atoms with Crippen molar-refractivity contribution >= 4 is 51.7 Å². The molecule has 0 aliphatic rings. The molecular formula is C46H36N4OS. The summed E-state index contributed by atoms with van der Waals surface area (Å²) in [6.07, 6.45) is 0.906. The molecule has 0 N–H and O–H groups in total. The molecule has 0 radical (unpaired) electrons. The van der Waals surface area contributed by atoms with Crippen molar-refractivity contribution in [2.45, 2.75) is 13.5 Å². The number of hydrogen-bond donors (Lipinski definition) is 0. The minimum atomic E-state index is 0.682. The van der Waals surface area contributed by atoms with Gasteiger partial charge in [-0.15, -0.1) is 11.3 Å². The molecule has 0 bridgehead atoms.